The third-order valence-corrected chi connectivity index (χ3v) is 4.12. The van der Waals surface area contributed by atoms with Gasteiger partial charge in [-0.25, -0.2) is 0 Å². The normalized spacial score (nSPS) is 11.8. The van der Waals surface area contributed by atoms with E-state index < -0.39 is 11.9 Å². The van der Waals surface area contributed by atoms with Crippen molar-refractivity contribution in [3.8, 4) is 11.8 Å². The van der Waals surface area contributed by atoms with Gasteiger partial charge in [0.05, 0.1) is 24.7 Å². The zero-order chi connectivity index (χ0) is 17.7. The van der Waals surface area contributed by atoms with E-state index in [9.17, 15) is 9.90 Å². The molecule has 4 nitrogen and oxygen atoms in total. The summed E-state index contributed by atoms with van der Waals surface area (Å²) >= 11 is 0. The van der Waals surface area contributed by atoms with Crippen LogP contribution >= 0.6 is 0 Å². The molecule has 2 aromatic rings. The number of hydrogen-bond donors (Lipinski definition) is 1. The average molecular weight is 323 g/mol. The molecule has 1 unspecified atom stereocenters. The van der Waals surface area contributed by atoms with Crippen LogP contribution in [0.15, 0.2) is 42.5 Å². The Morgan fingerprint density at radius 3 is 2.38 bits per heavy atom. The van der Waals surface area contributed by atoms with Gasteiger partial charge in [-0.2, -0.15) is 5.26 Å². The summed E-state index contributed by atoms with van der Waals surface area (Å²) in [4.78, 5) is 11.9. The molecule has 0 spiro atoms. The highest BCUT2D eigenvalue weighted by Crippen LogP contribution is 2.32. The van der Waals surface area contributed by atoms with Gasteiger partial charge in [0, 0.05) is 5.56 Å². The first-order valence-electron chi connectivity index (χ1n) is 7.86. The second kappa shape index (κ2) is 7.65. The Hall–Kier alpha value is -2.80. The quantitative estimate of drug-likeness (QED) is 0.869. The monoisotopic (exact) mass is 323 g/mol. The topological polar surface area (TPSA) is 70.3 Å². The molecule has 2 rings (SSSR count). The van der Waals surface area contributed by atoms with Crippen LogP contribution in [0.3, 0.4) is 0 Å². The van der Waals surface area contributed by atoms with Gasteiger partial charge in [-0.3, -0.25) is 4.79 Å². The number of nitriles is 1. The molecule has 1 atom stereocenters. The summed E-state index contributed by atoms with van der Waals surface area (Å²) in [6.45, 7) is 4.14. The number of carboxylic acid groups (broad SMARTS) is 1. The minimum Gasteiger partial charge on any atom is -0.496 e. The third kappa shape index (κ3) is 3.94. The molecule has 4 heteroatoms. The molecular weight excluding hydrogens is 302 g/mol. The van der Waals surface area contributed by atoms with Crippen molar-refractivity contribution in [1.82, 2.24) is 0 Å². The van der Waals surface area contributed by atoms with Gasteiger partial charge in [0.15, 0.2) is 0 Å². The number of hydrogen-bond acceptors (Lipinski definition) is 3. The molecule has 0 saturated heterocycles. The standard InChI is InChI=1S/C20H21NO3/c1-13(2)16-8-9-19(24-3)17(11-16)18(20(22)23)10-14-4-6-15(12-21)7-5-14/h4-9,11,13,18H,10H2,1-3H3,(H,22,23). The fourth-order valence-corrected chi connectivity index (χ4v) is 2.67. The summed E-state index contributed by atoms with van der Waals surface area (Å²) in [5.74, 6) is -0.704. The number of rotatable bonds is 6. The molecule has 0 bridgehead atoms. The Balaban J connectivity index is 2.41. The smallest absolute Gasteiger partial charge is 0.311 e. The lowest BCUT2D eigenvalue weighted by molar-refractivity contribution is -0.138. The number of carboxylic acids is 1. The van der Waals surface area contributed by atoms with Crippen LogP contribution in [0, 0.1) is 11.3 Å². The molecule has 0 aliphatic carbocycles. The van der Waals surface area contributed by atoms with Crippen LogP contribution in [-0.4, -0.2) is 18.2 Å². The molecule has 124 valence electrons. The van der Waals surface area contributed by atoms with Gasteiger partial charge in [-0.1, -0.05) is 38.1 Å². The van der Waals surface area contributed by atoms with Crippen molar-refractivity contribution in [3.05, 3.63) is 64.7 Å². The van der Waals surface area contributed by atoms with Crippen LogP contribution in [-0.2, 0) is 11.2 Å². The maximum Gasteiger partial charge on any atom is 0.311 e. The van der Waals surface area contributed by atoms with Crippen LogP contribution in [0.1, 0.15) is 47.9 Å². The Bertz CT molecular complexity index is 757. The summed E-state index contributed by atoms with van der Waals surface area (Å²) in [6.07, 6.45) is 0.346. The highest BCUT2D eigenvalue weighted by Gasteiger charge is 2.24. The SMILES string of the molecule is COc1ccc(C(C)C)cc1C(Cc1ccc(C#N)cc1)C(=O)O. The molecule has 1 N–H and O–H groups in total. The van der Waals surface area contributed by atoms with E-state index in [1.54, 1.807) is 31.4 Å². The Morgan fingerprint density at radius 1 is 1.21 bits per heavy atom. The van der Waals surface area contributed by atoms with Crippen LogP contribution in [0.2, 0.25) is 0 Å². The first-order valence-corrected chi connectivity index (χ1v) is 7.86. The minimum atomic E-state index is -0.890. The Labute approximate surface area is 142 Å². The molecule has 24 heavy (non-hydrogen) atoms. The summed E-state index contributed by atoms with van der Waals surface area (Å²) in [5, 5.41) is 18.6. The van der Waals surface area contributed by atoms with Crippen LogP contribution < -0.4 is 4.74 Å². The lowest BCUT2D eigenvalue weighted by atomic mass is 9.88. The summed E-state index contributed by atoms with van der Waals surface area (Å²) in [5.41, 5.74) is 3.20. The maximum atomic E-state index is 11.9. The van der Waals surface area contributed by atoms with Gasteiger partial charge < -0.3 is 9.84 Å². The lowest BCUT2D eigenvalue weighted by Crippen LogP contribution is -2.16. The maximum absolute atomic E-state index is 11.9. The predicted octanol–water partition coefficient (Wildman–Crippen LogP) is 4.10. The van der Waals surface area contributed by atoms with Gasteiger partial charge in [-0.15, -0.1) is 0 Å². The molecule has 0 saturated carbocycles. The molecule has 0 amide bonds. The Kier molecular flexibility index (Phi) is 5.59. The summed E-state index contributed by atoms with van der Waals surface area (Å²) in [6, 6.07) is 14.8. The van der Waals surface area contributed by atoms with E-state index in [0.29, 0.717) is 29.2 Å². The van der Waals surface area contributed by atoms with E-state index in [4.69, 9.17) is 10.00 Å². The molecule has 0 aliphatic heterocycles. The number of methoxy groups -OCH3 is 1. The van der Waals surface area contributed by atoms with Crippen molar-refractivity contribution in [1.29, 1.82) is 5.26 Å². The minimum absolute atomic E-state index is 0.305. The van der Waals surface area contributed by atoms with Gasteiger partial charge in [0.25, 0.3) is 0 Å². The molecule has 0 radical (unpaired) electrons. The van der Waals surface area contributed by atoms with E-state index >= 15 is 0 Å². The van der Waals surface area contributed by atoms with E-state index in [0.717, 1.165) is 11.1 Å². The first-order chi connectivity index (χ1) is 11.5. The van der Waals surface area contributed by atoms with Crippen molar-refractivity contribution in [3.63, 3.8) is 0 Å². The highest BCUT2D eigenvalue weighted by atomic mass is 16.5. The summed E-state index contributed by atoms with van der Waals surface area (Å²) < 4.78 is 5.38. The number of benzene rings is 2. The van der Waals surface area contributed by atoms with Crippen LogP contribution in [0.5, 0.6) is 5.75 Å². The number of carbonyl (C=O) groups is 1. The molecule has 0 heterocycles. The Morgan fingerprint density at radius 2 is 1.88 bits per heavy atom. The zero-order valence-corrected chi connectivity index (χ0v) is 14.1. The van der Waals surface area contributed by atoms with Gasteiger partial charge in [0.1, 0.15) is 5.75 Å². The van der Waals surface area contributed by atoms with Gasteiger partial charge in [-0.05, 0) is 41.7 Å². The second-order valence-corrected chi connectivity index (χ2v) is 6.06. The lowest BCUT2D eigenvalue weighted by Gasteiger charge is -2.18. The second-order valence-electron chi connectivity index (χ2n) is 6.06. The van der Waals surface area contributed by atoms with E-state index in [-0.39, 0.29) is 0 Å². The van der Waals surface area contributed by atoms with Crippen molar-refractivity contribution in [2.24, 2.45) is 0 Å². The van der Waals surface area contributed by atoms with Crippen molar-refractivity contribution in [2.45, 2.75) is 32.1 Å². The van der Waals surface area contributed by atoms with E-state index in [1.165, 1.54) is 0 Å². The molecule has 0 aromatic heterocycles. The fourth-order valence-electron chi connectivity index (χ4n) is 2.67. The molecular formula is C20H21NO3. The highest BCUT2D eigenvalue weighted by molar-refractivity contribution is 5.78. The van der Waals surface area contributed by atoms with E-state index in [1.807, 2.05) is 18.2 Å². The molecule has 0 aliphatic rings. The number of nitrogens with zero attached hydrogens (tertiary/aromatic N) is 1. The third-order valence-electron chi connectivity index (χ3n) is 4.12. The predicted molar refractivity (Wildman–Crippen MR) is 92.3 cm³/mol. The van der Waals surface area contributed by atoms with Crippen molar-refractivity contribution >= 4 is 5.97 Å². The number of ether oxygens (including phenoxy) is 1. The average Bonchev–Trinajstić information content (AvgIpc) is 2.59. The number of aliphatic carboxylic acids is 1. The fraction of sp³-hybridized carbons (Fsp3) is 0.300. The van der Waals surface area contributed by atoms with Crippen LogP contribution in [0.4, 0.5) is 0 Å². The van der Waals surface area contributed by atoms with Gasteiger partial charge >= 0.3 is 5.97 Å². The zero-order valence-electron chi connectivity index (χ0n) is 14.1. The van der Waals surface area contributed by atoms with Gasteiger partial charge in [0.2, 0.25) is 0 Å². The van der Waals surface area contributed by atoms with E-state index in [2.05, 4.69) is 19.9 Å². The molecule has 2 aromatic carbocycles. The molecule has 0 fully saturated rings. The largest absolute Gasteiger partial charge is 0.496 e. The summed E-state index contributed by atoms with van der Waals surface area (Å²) in [7, 11) is 1.55. The van der Waals surface area contributed by atoms with Crippen molar-refractivity contribution in [2.75, 3.05) is 7.11 Å². The van der Waals surface area contributed by atoms with Crippen molar-refractivity contribution < 1.29 is 14.6 Å². The van der Waals surface area contributed by atoms with Crippen LogP contribution in [0.25, 0.3) is 0 Å². The first kappa shape index (κ1) is 17.6.